The minimum Gasteiger partial charge on any atom is -0.480 e. The van der Waals surface area contributed by atoms with Gasteiger partial charge in [0, 0.05) is 13.0 Å². The molecule has 1 amide bonds. The van der Waals surface area contributed by atoms with Crippen molar-refractivity contribution in [2.24, 2.45) is 0 Å². The van der Waals surface area contributed by atoms with Crippen LogP contribution in [0.5, 0.6) is 0 Å². The van der Waals surface area contributed by atoms with Crippen LogP contribution in [0, 0.1) is 0 Å². The summed E-state index contributed by atoms with van der Waals surface area (Å²) < 4.78 is 5.50. The highest BCUT2D eigenvalue weighted by Gasteiger charge is 2.23. The molecule has 0 spiro atoms. The van der Waals surface area contributed by atoms with Crippen LogP contribution in [0.4, 0.5) is 0 Å². The third kappa shape index (κ3) is 5.19. The quantitative estimate of drug-likeness (QED) is 0.837. The maximum Gasteiger partial charge on any atom is 0.326 e. The molecule has 21 heavy (non-hydrogen) atoms. The van der Waals surface area contributed by atoms with Crippen LogP contribution in [0.2, 0.25) is 0 Å². The number of carboxylic acids is 1. The SMILES string of the molecule is O=C(CC1CCCCO1)N[C@H](Cc1ccccc1)C(=O)O. The highest BCUT2D eigenvalue weighted by Crippen LogP contribution is 2.15. The van der Waals surface area contributed by atoms with Crippen LogP contribution < -0.4 is 5.32 Å². The van der Waals surface area contributed by atoms with E-state index in [4.69, 9.17) is 4.74 Å². The van der Waals surface area contributed by atoms with E-state index < -0.39 is 12.0 Å². The highest BCUT2D eigenvalue weighted by molar-refractivity contribution is 5.84. The van der Waals surface area contributed by atoms with Gasteiger partial charge in [-0.2, -0.15) is 0 Å². The number of carbonyl (C=O) groups excluding carboxylic acids is 1. The molecule has 1 aliphatic rings. The first-order valence-corrected chi connectivity index (χ1v) is 7.33. The monoisotopic (exact) mass is 291 g/mol. The predicted octanol–water partition coefficient (Wildman–Crippen LogP) is 1.76. The van der Waals surface area contributed by atoms with Gasteiger partial charge in [0.2, 0.25) is 5.91 Å². The lowest BCUT2D eigenvalue weighted by atomic mass is 10.0. The average molecular weight is 291 g/mol. The Balaban J connectivity index is 1.86. The van der Waals surface area contributed by atoms with E-state index in [0.29, 0.717) is 6.61 Å². The molecule has 2 atom stereocenters. The smallest absolute Gasteiger partial charge is 0.326 e. The van der Waals surface area contributed by atoms with Crippen molar-refractivity contribution in [1.82, 2.24) is 5.32 Å². The van der Waals surface area contributed by atoms with E-state index in [0.717, 1.165) is 24.8 Å². The Morgan fingerprint density at radius 1 is 1.29 bits per heavy atom. The van der Waals surface area contributed by atoms with E-state index in [1.54, 1.807) is 0 Å². The number of carboxylic acid groups (broad SMARTS) is 1. The number of amides is 1. The fourth-order valence-electron chi connectivity index (χ4n) is 2.48. The lowest BCUT2D eigenvalue weighted by Crippen LogP contribution is -2.43. The highest BCUT2D eigenvalue weighted by atomic mass is 16.5. The lowest BCUT2D eigenvalue weighted by Gasteiger charge is -2.23. The van der Waals surface area contributed by atoms with Gasteiger partial charge in [-0.25, -0.2) is 4.79 Å². The molecule has 0 aliphatic carbocycles. The van der Waals surface area contributed by atoms with Gasteiger partial charge < -0.3 is 15.2 Å². The van der Waals surface area contributed by atoms with Crippen LogP contribution in [0.3, 0.4) is 0 Å². The zero-order chi connectivity index (χ0) is 15.1. The molecule has 1 aliphatic heterocycles. The summed E-state index contributed by atoms with van der Waals surface area (Å²) in [6.45, 7) is 0.685. The van der Waals surface area contributed by atoms with Crippen molar-refractivity contribution in [3.8, 4) is 0 Å². The lowest BCUT2D eigenvalue weighted by molar-refractivity contribution is -0.142. The zero-order valence-electron chi connectivity index (χ0n) is 12.0. The van der Waals surface area contributed by atoms with Crippen molar-refractivity contribution in [3.63, 3.8) is 0 Å². The average Bonchev–Trinajstić information content (AvgIpc) is 2.48. The zero-order valence-corrected chi connectivity index (χ0v) is 12.0. The number of hydrogen-bond donors (Lipinski definition) is 2. The van der Waals surface area contributed by atoms with Gasteiger partial charge >= 0.3 is 5.97 Å². The summed E-state index contributed by atoms with van der Waals surface area (Å²) in [5.74, 6) is -1.28. The number of hydrogen-bond acceptors (Lipinski definition) is 3. The number of ether oxygens (including phenoxy) is 1. The van der Waals surface area contributed by atoms with Crippen molar-refractivity contribution < 1.29 is 19.4 Å². The number of carbonyl (C=O) groups is 2. The molecule has 1 aromatic carbocycles. The molecule has 5 nitrogen and oxygen atoms in total. The molecule has 5 heteroatoms. The fourth-order valence-corrected chi connectivity index (χ4v) is 2.48. The van der Waals surface area contributed by atoms with E-state index in [-0.39, 0.29) is 24.9 Å². The minimum absolute atomic E-state index is 0.0788. The maximum absolute atomic E-state index is 12.0. The molecule has 1 heterocycles. The summed E-state index contributed by atoms with van der Waals surface area (Å²) in [4.78, 5) is 23.2. The van der Waals surface area contributed by atoms with E-state index in [1.807, 2.05) is 30.3 Å². The van der Waals surface area contributed by atoms with Crippen molar-refractivity contribution in [2.45, 2.75) is 44.2 Å². The molecular formula is C16H21NO4. The van der Waals surface area contributed by atoms with Gasteiger partial charge in [-0.15, -0.1) is 0 Å². The van der Waals surface area contributed by atoms with Gasteiger partial charge in [0.25, 0.3) is 0 Å². The van der Waals surface area contributed by atoms with Crippen molar-refractivity contribution in [3.05, 3.63) is 35.9 Å². The van der Waals surface area contributed by atoms with Gasteiger partial charge in [-0.05, 0) is 24.8 Å². The minimum atomic E-state index is -1.02. The first kappa shape index (κ1) is 15.5. The van der Waals surface area contributed by atoms with Gasteiger partial charge in [0.1, 0.15) is 6.04 Å². The summed E-state index contributed by atoms with van der Waals surface area (Å²) in [7, 11) is 0. The van der Waals surface area contributed by atoms with Crippen LogP contribution in [-0.2, 0) is 20.7 Å². The second-order valence-electron chi connectivity index (χ2n) is 5.34. The largest absolute Gasteiger partial charge is 0.480 e. The molecule has 2 N–H and O–H groups in total. The Hall–Kier alpha value is -1.88. The number of nitrogens with one attached hydrogen (secondary N) is 1. The molecule has 114 valence electrons. The molecule has 0 aromatic heterocycles. The van der Waals surface area contributed by atoms with Crippen LogP contribution in [0.1, 0.15) is 31.2 Å². The first-order valence-electron chi connectivity index (χ1n) is 7.33. The molecule has 0 bridgehead atoms. The van der Waals surface area contributed by atoms with Gasteiger partial charge in [-0.3, -0.25) is 4.79 Å². The first-order chi connectivity index (χ1) is 10.1. The normalized spacial score (nSPS) is 19.7. The Bertz CT molecular complexity index is 468. The van der Waals surface area contributed by atoms with E-state index in [9.17, 15) is 14.7 Å². The van der Waals surface area contributed by atoms with E-state index in [2.05, 4.69) is 5.32 Å². The van der Waals surface area contributed by atoms with E-state index in [1.165, 1.54) is 0 Å². The molecule has 1 aromatic rings. The van der Waals surface area contributed by atoms with Crippen LogP contribution in [0.15, 0.2) is 30.3 Å². The molecule has 1 unspecified atom stereocenters. The van der Waals surface area contributed by atoms with Gasteiger partial charge in [-0.1, -0.05) is 30.3 Å². The van der Waals surface area contributed by atoms with Crippen molar-refractivity contribution in [2.75, 3.05) is 6.61 Å². The van der Waals surface area contributed by atoms with Crippen LogP contribution in [-0.4, -0.2) is 35.7 Å². The third-order valence-corrected chi connectivity index (χ3v) is 3.60. The van der Waals surface area contributed by atoms with Crippen LogP contribution >= 0.6 is 0 Å². The summed E-state index contributed by atoms with van der Waals surface area (Å²) in [5.41, 5.74) is 0.888. The Kier molecular flexibility index (Phi) is 5.75. The predicted molar refractivity (Wildman–Crippen MR) is 77.9 cm³/mol. The van der Waals surface area contributed by atoms with E-state index >= 15 is 0 Å². The Labute approximate surface area is 124 Å². The summed E-state index contributed by atoms with van der Waals surface area (Å²) >= 11 is 0. The Morgan fingerprint density at radius 3 is 2.67 bits per heavy atom. The second-order valence-corrected chi connectivity index (χ2v) is 5.34. The third-order valence-electron chi connectivity index (χ3n) is 3.60. The molecule has 2 rings (SSSR count). The second kappa shape index (κ2) is 7.78. The molecule has 1 fully saturated rings. The van der Waals surface area contributed by atoms with Crippen molar-refractivity contribution in [1.29, 1.82) is 0 Å². The standard InChI is InChI=1S/C16H21NO4/c18-15(11-13-8-4-5-9-21-13)17-14(16(19)20)10-12-6-2-1-3-7-12/h1-3,6-7,13-14H,4-5,8-11H2,(H,17,18)(H,19,20)/t13?,14-/m1/s1. The van der Waals surface area contributed by atoms with Crippen molar-refractivity contribution >= 4 is 11.9 Å². The van der Waals surface area contributed by atoms with Gasteiger partial charge in [0.15, 0.2) is 0 Å². The summed E-state index contributed by atoms with van der Waals surface area (Å²) in [6.07, 6.45) is 3.40. The van der Waals surface area contributed by atoms with Gasteiger partial charge in [0.05, 0.1) is 12.5 Å². The number of aliphatic carboxylic acids is 1. The number of benzene rings is 1. The maximum atomic E-state index is 12.0. The molecule has 0 saturated carbocycles. The molecule has 0 radical (unpaired) electrons. The molecule has 1 saturated heterocycles. The van der Waals surface area contributed by atoms with Crippen LogP contribution in [0.25, 0.3) is 0 Å². The fraction of sp³-hybridized carbons (Fsp3) is 0.500. The summed E-state index contributed by atoms with van der Waals surface area (Å²) in [5, 5.41) is 11.8. The number of rotatable bonds is 6. The molecular weight excluding hydrogens is 270 g/mol. The topological polar surface area (TPSA) is 75.6 Å². The summed E-state index contributed by atoms with van der Waals surface area (Å²) in [6, 6.07) is 8.39. The Morgan fingerprint density at radius 2 is 2.05 bits per heavy atom.